The number of aliphatic hydroxyl groups is 4. The second-order valence-corrected chi connectivity index (χ2v) is 34.0. The lowest BCUT2D eigenvalue weighted by molar-refractivity contribution is -0.139. The van der Waals surface area contributed by atoms with E-state index in [2.05, 4.69) is 69.1 Å². The average molecular weight is 1630 g/mol. The summed E-state index contributed by atoms with van der Waals surface area (Å²) in [7, 11) is 0. The summed E-state index contributed by atoms with van der Waals surface area (Å²) in [5.74, 6) is -11.2. The maximum Gasteiger partial charge on any atom is 0.303 e. The van der Waals surface area contributed by atoms with Crippen LogP contribution >= 0.6 is 23.5 Å². The van der Waals surface area contributed by atoms with Gasteiger partial charge < -0.3 is 100 Å². The van der Waals surface area contributed by atoms with E-state index in [1.54, 1.807) is 52.8 Å². The van der Waals surface area contributed by atoms with E-state index in [1.165, 1.54) is 37.4 Å². The van der Waals surface area contributed by atoms with Crippen molar-refractivity contribution in [2.24, 2.45) is 23.0 Å². The summed E-state index contributed by atoms with van der Waals surface area (Å²) in [5.41, 5.74) is 7.18. The first-order chi connectivity index (χ1) is 54.2. The summed E-state index contributed by atoms with van der Waals surface area (Å²) in [5, 5.41) is 91.1. The second kappa shape index (κ2) is 45.7. The number of nitrogens with two attached hydrogens (primary N) is 1. The quantitative estimate of drug-likeness (QED) is 0.0839. The first-order valence-corrected chi connectivity index (χ1v) is 42.2. The molecular formula is C80H120N14O18S2. The van der Waals surface area contributed by atoms with Crippen LogP contribution in [0.2, 0.25) is 0 Å². The topological polar surface area (TPSA) is 505 Å². The number of aliphatic hydroxyl groups excluding tert-OH is 4. The molecule has 3 fully saturated rings. The molecule has 32 nitrogen and oxygen atoms in total. The van der Waals surface area contributed by atoms with Gasteiger partial charge in [-0.1, -0.05) is 114 Å². The van der Waals surface area contributed by atoms with Gasteiger partial charge in [0.15, 0.2) is 0 Å². The van der Waals surface area contributed by atoms with E-state index in [-0.39, 0.29) is 75.4 Å². The van der Waals surface area contributed by atoms with Gasteiger partial charge in [0, 0.05) is 61.5 Å². The van der Waals surface area contributed by atoms with E-state index in [0.29, 0.717) is 87.4 Å². The summed E-state index contributed by atoms with van der Waals surface area (Å²) in [6.45, 7) is 11.9. The molecule has 0 aromatic heterocycles. The van der Waals surface area contributed by atoms with Crippen molar-refractivity contribution in [2.75, 3.05) is 24.7 Å². The number of nitrogens with one attached hydrogen (secondary N) is 13. The molecule has 630 valence electrons. The molecule has 34 heteroatoms. The van der Waals surface area contributed by atoms with E-state index in [9.17, 15) is 73.5 Å². The number of hydrogen-bond donors (Lipinski definition) is 19. The third-order valence-electron chi connectivity index (χ3n) is 21.2. The van der Waals surface area contributed by atoms with Crippen LogP contribution < -0.4 is 74.9 Å². The van der Waals surface area contributed by atoms with Gasteiger partial charge in [-0.25, -0.2) is 0 Å². The van der Waals surface area contributed by atoms with Crippen LogP contribution in [-0.2, 0) is 80.3 Å². The number of rotatable bonds is 18. The van der Waals surface area contributed by atoms with Gasteiger partial charge in [0.2, 0.25) is 70.9 Å². The number of amides is 12. The van der Waals surface area contributed by atoms with E-state index >= 15 is 14.4 Å². The van der Waals surface area contributed by atoms with Crippen molar-refractivity contribution < 1.29 is 87.9 Å². The summed E-state index contributed by atoms with van der Waals surface area (Å²) in [4.78, 5) is 187. The Labute approximate surface area is 674 Å². The Morgan fingerprint density at radius 2 is 0.965 bits per heavy atom. The lowest BCUT2D eigenvalue weighted by atomic mass is 9.82. The molecule has 2 heterocycles. The van der Waals surface area contributed by atoms with Crippen molar-refractivity contribution in [3.8, 4) is 0 Å². The molecule has 1 unspecified atom stereocenters. The van der Waals surface area contributed by atoms with E-state index in [4.69, 9.17) is 5.73 Å². The van der Waals surface area contributed by atoms with Crippen LogP contribution in [0.15, 0.2) is 66.7 Å². The van der Waals surface area contributed by atoms with Crippen LogP contribution in [0.1, 0.15) is 181 Å². The number of carbonyl (C=O) groups is 13. The van der Waals surface area contributed by atoms with Crippen molar-refractivity contribution in [1.29, 1.82) is 0 Å². The average Bonchev–Trinajstić information content (AvgIpc) is 0.880. The lowest BCUT2D eigenvalue weighted by Crippen LogP contribution is -2.63. The predicted molar refractivity (Wildman–Crippen MR) is 431 cm³/mol. The van der Waals surface area contributed by atoms with Crippen LogP contribution in [0.4, 0.5) is 0 Å². The van der Waals surface area contributed by atoms with Crippen LogP contribution in [0.3, 0.4) is 0 Å². The van der Waals surface area contributed by atoms with E-state index in [0.717, 1.165) is 21.9 Å². The molecule has 2 bridgehead atoms. The molecular weight excluding hydrogens is 1510 g/mol. The zero-order valence-corrected chi connectivity index (χ0v) is 68.0. The highest BCUT2D eigenvalue weighted by Gasteiger charge is 2.42. The molecule has 4 aliphatic rings. The monoisotopic (exact) mass is 1630 g/mol. The smallest absolute Gasteiger partial charge is 0.303 e. The Kier molecular flexibility index (Phi) is 37.1. The molecule has 0 spiro atoms. The van der Waals surface area contributed by atoms with Gasteiger partial charge in [0.25, 0.3) is 0 Å². The number of primary amides is 1. The highest BCUT2D eigenvalue weighted by atomic mass is 32.2. The minimum Gasteiger partial charge on any atom is -0.481 e. The number of fused-ring (bicyclic) bond motifs is 3. The van der Waals surface area contributed by atoms with Crippen LogP contribution in [0.25, 0.3) is 10.8 Å². The van der Waals surface area contributed by atoms with Gasteiger partial charge in [-0.2, -0.15) is 23.5 Å². The normalized spacial score (nSPS) is 29.0. The van der Waals surface area contributed by atoms with Crippen molar-refractivity contribution in [1.82, 2.24) is 69.1 Å². The number of thioether (sulfide) groups is 2. The first-order valence-electron chi connectivity index (χ1n) is 39.9. The Bertz CT molecular complexity index is 3770. The number of benzene rings is 3. The van der Waals surface area contributed by atoms with Gasteiger partial charge >= 0.3 is 5.97 Å². The Hall–Kier alpha value is -8.51. The highest BCUT2D eigenvalue weighted by Crippen LogP contribution is 2.31. The minimum absolute atomic E-state index is 0.00124. The molecule has 114 heavy (non-hydrogen) atoms. The van der Waals surface area contributed by atoms with Crippen LogP contribution in [0, 0.1) is 17.3 Å². The molecule has 3 aromatic rings. The van der Waals surface area contributed by atoms with E-state index in [1.807, 2.05) is 48.5 Å². The summed E-state index contributed by atoms with van der Waals surface area (Å²) in [6.07, 6.45) is -2.04. The number of aliphatic carboxylic acids is 1. The number of hydrogen-bond acceptors (Lipinski definition) is 21. The maximum atomic E-state index is 15.1. The fourth-order valence-corrected chi connectivity index (χ4v) is 16.5. The van der Waals surface area contributed by atoms with Crippen LogP contribution in [-0.4, -0.2) is 224 Å². The summed E-state index contributed by atoms with van der Waals surface area (Å²) < 4.78 is 0. The summed E-state index contributed by atoms with van der Waals surface area (Å²) in [6, 6.07) is 3.44. The fraction of sp³-hybridized carbons (Fsp3) is 0.637. The van der Waals surface area contributed by atoms with Gasteiger partial charge in [-0.3, -0.25) is 62.3 Å². The second-order valence-electron chi connectivity index (χ2n) is 31.8. The Morgan fingerprint density at radius 3 is 1.46 bits per heavy atom. The largest absolute Gasteiger partial charge is 0.481 e. The molecule has 7 rings (SSSR count). The summed E-state index contributed by atoms with van der Waals surface area (Å²) >= 11 is 2.73. The van der Waals surface area contributed by atoms with Gasteiger partial charge in [0.05, 0.1) is 24.4 Å². The third-order valence-corrected chi connectivity index (χ3v) is 23.3. The van der Waals surface area contributed by atoms with Crippen molar-refractivity contribution in [3.05, 3.63) is 83.4 Å². The molecule has 20 N–H and O–H groups in total. The minimum atomic E-state index is -1.82. The molecule has 1 saturated heterocycles. The first kappa shape index (κ1) is 92.7. The highest BCUT2D eigenvalue weighted by molar-refractivity contribution is 7.98. The molecule has 3 aromatic carbocycles. The van der Waals surface area contributed by atoms with Crippen molar-refractivity contribution >= 4 is 111 Å². The number of carbonyl (C=O) groups excluding carboxylic acids is 12. The van der Waals surface area contributed by atoms with Gasteiger partial charge in [-0.05, 0) is 148 Å². The molecule has 2 aliphatic heterocycles. The molecule has 2 aliphatic carbocycles. The predicted octanol–water partition coefficient (Wildman–Crippen LogP) is 0.835. The van der Waals surface area contributed by atoms with Crippen LogP contribution in [0.5, 0.6) is 0 Å². The fourth-order valence-electron chi connectivity index (χ4n) is 14.6. The van der Waals surface area contributed by atoms with Gasteiger partial charge in [-0.15, -0.1) is 0 Å². The SMILES string of the molecule is CCC[C@@H]1NC(=O)[C@H](Cc2ccc3ccccc3c2)NC(=O)[C@H]([C@@H](C)O)NC(=O)[C@H](CC2CNCN2)NC(=O)[C@H](CC2CCC(O)CC2)NC(=O)[C@H](C(C)(C)C)NC(=O)CCSCc2cccc(c2)CSC[C@@H](C(N)=O)NC(=O)[C@H]([C@@H](C)O)NC(=O)[C@H](CCC)NC(=O)[C@H](CC2CCC(O)CC2)NC(=O)[C@H](CCC(=O)O)NC1=O. The molecule has 0 radical (unpaired) electrons. The molecule has 14 atom stereocenters. The number of carboxylic acids is 1. The van der Waals surface area contributed by atoms with Crippen molar-refractivity contribution in [3.63, 3.8) is 0 Å². The zero-order chi connectivity index (χ0) is 83.3. The zero-order valence-electron chi connectivity index (χ0n) is 66.4. The Balaban J connectivity index is 1.24. The maximum absolute atomic E-state index is 15.1. The van der Waals surface area contributed by atoms with E-state index < -0.39 is 192 Å². The molecule has 2 saturated carbocycles. The van der Waals surface area contributed by atoms with Gasteiger partial charge in [0.1, 0.15) is 66.5 Å². The standard InChI is InChI=1S/C80H120N14O18S2/c1-8-13-56-70(103)86-58(29-30-65(100)101)71(104)87-59(35-46-20-25-54(97)26-21-46)73(106)85-57(14-9-2)72(105)93-67(45(4)96)78(111)91-63(69(81)102)42-114-41-50-16-12-15-49(33-50)40-113-32-31-64(99)92-68(80(5,6)7)79(112)90-60(36-47-22-27-55(98)28-23-47)75(108)88-62(38-53-39-82-43-83-53)76(109)94-66(44(3)95)77(110)89-61(74(107)84-56)37-48-19-24-51-17-10-11-18-52(51)34-48/h10-12,15-19,24,33-34,44-47,53-63,66-68,82-83,95-98H,8-9,13-14,20-23,25-32,35-43H2,1-7H3,(H2,81,102)(H,84,107)(H,85,106)(H,86,103)(H,87,104)(H,88,108)(H,89,110)(H,90,112)(H,91,111)(H,92,99)(H,93,105)(H,94,109)(H,100,101)/t44-,45-,46?,47?,53?,54?,55?,56+,57+,58+,59+,60+,61+,62+,63+,66+,67+,68-/m1/s1. The molecule has 12 amide bonds. The third kappa shape index (κ3) is 30.0. The van der Waals surface area contributed by atoms with Crippen molar-refractivity contribution in [2.45, 2.75) is 279 Å². The Morgan fingerprint density at radius 1 is 0.509 bits per heavy atom. The number of carboxylic acid groups (broad SMARTS) is 1. The lowest BCUT2D eigenvalue weighted by Gasteiger charge is -2.34.